The molecule has 0 radical (unpaired) electrons. The largest absolute Gasteiger partial charge is 0.399 e. The number of nitrogens with zero attached hydrogens (tertiary/aromatic N) is 2. The van der Waals surface area contributed by atoms with Crippen LogP contribution in [0.5, 0.6) is 0 Å². The molecule has 5 heteroatoms. The van der Waals surface area contributed by atoms with E-state index in [1.807, 2.05) is 24.3 Å². The van der Waals surface area contributed by atoms with Gasteiger partial charge in [0.25, 0.3) is 0 Å². The van der Waals surface area contributed by atoms with Crippen LogP contribution in [0.25, 0.3) is 0 Å². The Bertz CT molecular complexity index is 541. The van der Waals surface area contributed by atoms with E-state index < -0.39 is 0 Å². The van der Waals surface area contributed by atoms with Crippen molar-refractivity contribution in [3.05, 3.63) is 46.7 Å². The summed E-state index contributed by atoms with van der Waals surface area (Å²) >= 11 is 5.92. The minimum Gasteiger partial charge on any atom is -0.399 e. The van der Waals surface area contributed by atoms with Crippen molar-refractivity contribution in [3.8, 4) is 0 Å². The third-order valence-corrected chi connectivity index (χ3v) is 3.06. The average molecular weight is 264 g/mol. The summed E-state index contributed by atoms with van der Waals surface area (Å²) in [5.74, 6) is -0.00294. The summed E-state index contributed by atoms with van der Waals surface area (Å²) in [4.78, 5) is 12.0. The Morgan fingerprint density at radius 2 is 2.06 bits per heavy atom. The highest BCUT2D eigenvalue weighted by Gasteiger charge is 2.15. The Morgan fingerprint density at radius 3 is 2.61 bits per heavy atom. The van der Waals surface area contributed by atoms with Crippen molar-refractivity contribution in [1.29, 1.82) is 0 Å². The second-order valence-corrected chi connectivity index (χ2v) is 4.54. The highest BCUT2D eigenvalue weighted by Crippen LogP contribution is 2.17. The molecule has 0 amide bonds. The van der Waals surface area contributed by atoms with E-state index >= 15 is 0 Å². The van der Waals surface area contributed by atoms with E-state index in [1.165, 1.54) is 10.9 Å². The first-order valence-electron chi connectivity index (χ1n) is 5.63. The molecule has 0 bridgehead atoms. The molecule has 1 heterocycles. The zero-order valence-corrected chi connectivity index (χ0v) is 10.8. The van der Waals surface area contributed by atoms with Crippen molar-refractivity contribution in [2.75, 3.05) is 5.73 Å². The zero-order valence-electron chi connectivity index (χ0n) is 10.1. The van der Waals surface area contributed by atoms with Crippen molar-refractivity contribution in [1.82, 2.24) is 9.78 Å². The molecule has 18 heavy (non-hydrogen) atoms. The molecule has 0 aliphatic carbocycles. The smallest absolute Gasteiger partial charge is 0.182 e. The van der Waals surface area contributed by atoms with Gasteiger partial charge >= 0.3 is 0 Å². The Hall–Kier alpha value is -1.81. The number of benzene rings is 1. The fourth-order valence-corrected chi connectivity index (χ4v) is 2.06. The molecule has 2 N–H and O–H groups in total. The number of hydrogen-bond donors (Lipinski definition) is 1. The van der Waals surface area contributed by atoms with Crippen LogP contribution in [0, 0.1) is 0 Å². The Morgan fingerprint density at radius 1 is 1.39 bits per heavy atom. The van der Waals surface area contributed by atoms with Crippen LogP contribution in [-0.4, -0.2) is 15.6 Å². The molecule has 94 valence electrons. The average Bonchev–Trinajstić information content (AvgIpc) is 2.68. The van der Waals surface area contributed by atoms with Crippen LogP contribution in [0.3, 0.4) is 0 Å². The van der Waals surface area contributed by atoms with Gasteiger partial charge in [-0.25, -0.2) is 0 Å². The van der Waals surface area contributed by atoms with Gasteiger partial charge < -0.3 is 5.73 Å². The molecule has 1 aromatic heterocycles. The summed E-state index contributed by atoms with van der Waals surface area (Å²) in [5, 5.41) is 4.35. The maximum Gasteiger partial charge on any atom is 0.182 e. The van der Waals surface area contributed by atoms with Crippen molar-refractivity contribution < 1.29 is 4.79 Å². The van der Waals surface area contributed by atoms with Crippen LogP contribution in [0.15, 0.2) is 30.5 Å². The van der Waals surface area contributed by atoms with Crippen molar-refractivity contribution >= 4 is 23.1 Å². The number of carbonyl (C=O) groups excluding carboxylic acids is 1. The van der Waals surface area contributed by atoms with E-state index in [-0.39, 0.29) is 5.78 Å². The molecular weight excluding hydrogens is 250 g/mol. The molecule has 2 rings (SSSR count). The van der Waals surface area contributed by atoms with E-state index in [2.05, 4.69) is 5.10 Å². The summed E-state index contributed by atoms with van der Waals surface area (Å²) in [5.41, 5.74) is 7.87. The number of hydrogen-bond acceptors (Lipinski definition) is 3. The second-order valence-electron chi connectivity index (χ2n) is 4.13. The first-order chi connectivity index (χ1) is 8.58. The molecule has 0 spiro atoms. The number of Topliss-reactive ketones (excluding diaryl/α,β-unsaturated/α-hetero) is 1. The van der Waals surface area contributed by atoms with Crippen LogP contribution in [0.4, 0.5) is 5.69 Å². The predicted molar refractivity (Wildman–Crippen MR) is 71.7 cm³/mol. The lowest BCUT2D eigenvalue weighted by atomic mass is 10.1. The quantitative estimate of drug-likeness (QED) is 0.681. The van der Waals surface area contributed by atoms with Gasteiger partial charge in [0.1, 0.15) is 5.69 Å². The minimum absolute atomic E-state index is 0.00294. The van der Waals surface area contributed by atoms with Gasteiger partial charge in [-0.2, -0.15) is 5.10 Å². The van der Waals surface area contributed by atoms with Gasteiger partial charge in [-0.15, -0.1) is 0 Å². The summed E-state index contributed by atoms with van der Waals surface area (Å²) in [6, 6.07) is 7.51. The highest BCUT2D eigenvalue weighted by atomic mass is 35.5. The fourth-order valence-electron chi connectivity index (χ4n) is 1.78. The number of carbonyl (C=O) groups is 1. The van der Waals surface area contributed by atoms with Gasteiger partial charge in [-0.1, -0.05) is 23.7 Å². The van der Waals surface area contributed by atoms with Crippen LogP contribution in [0.1, 0.15) is 22.5 Å². The molecule has 0 fully saturated rings. The van der Waals surface area contributed by atoms with Crippen LogP contribution >= 0.6 is 11.6 Å². The van der Waals surface area contributed by atoms with Gasteiger partial charge in [0.05, 0.1) is 11.2 Å². The molecule has 4 nitrogen and oxygen atoms in total. The monoisotopic (exact) mass is 263 g/mol. The molecule has 0 aliphatic heterocycles. The van der Waals surface area contributed by atoms with Crippen molar-refractivity contribution in [3.63, 3.8) is 0 Å². The van der Waals surface area contributed by atoms with Gasteiger partial charge in [-0.05, 0) is 24.1 Å². The molecule has 0 saturated carbocycles. The first kappa shape index (κ1) is 12.6. The Labute approximate surface area is 110 Å². The van der Waals surface area contributed by atoms with Gasteiger partial charge in [0, 0.05) is 19.2 Å². The van der Waals surface area contributed by atoms with E-state index in [1.54, 1.807) is 7.05 Å². The maximum atomic E-state index is 12.0. The van der Waals surface area contributed by atoms with Crippen molar-refractivity contribution in [2.45, 2.75) is 12.8 Å². The van der Waals surface area contributed by atoms with Gasteiger partial charge in [0.2, 0.25) is 0 Å². The SMILES string of the molecule is Cn1ncc(Cl)c1C(=O)CCc1ccc(N)cc1. The van der Waals surface area contributed by atoms with Gasteiger partial charge in [0.15, 0.2) is 5.78 Å². The van der Waals surface area contributed by atoms with E-state index in [0.717, 1.165) is 11.3 Å². The number of aryl methyl sites for hydroxylation is 2. The topological polar surface area (TPSA) is 60.9 Å². The molecule has 0 unspecified atom stereocenters. The third-order valence-electron chi connectivity index (χ3n) is 2.78. The van der Waals surface area contributed by atoms with Crippen molar-refractivity contribution in [2.24, 2.45) is 7.05 Å². The summed E-state index contributed by atoms with van der Waals surface area (Å²) in [6.07, 6.45) is 2.56. The molecule has 0 aliphatic rings. The normalized spacial score (nSPS) is 10.6. The van der Waals surface area contributed by atoms with E-state index in [0.29, 0.717) is 23.6 Å². The number of rotatable bonds is 4. The third kappa shape index (κ3) is 2.71. The molecule has 2 aromatic rings. The van der Waals surface area contributed by atoms with Crippen LogP contribution in [-0.2, 0) is 13.5 Å². The summed E-state index contributed by atoms with van der Waals surface area (Å²) < 4.78 is 1.51. The summed E-state index contributed by atoms with van der Waals surface area (Å²) in [7, 11) is 1.71. The molecule has 0 saturated heterocycles. The molecular formula is C13H14ClN3O. The Kier molecular flexibility index (Phi) is 3.67. The zero-order chi connectivity index (χ0) is 13.1. The number of anilines is 1. The lowest BCUT2D eigenvalue weighted by Gasteiger charge is -2.03. The fraction of sp³-hybridized carbons (Fsp3) is 0.231. The van der Waals surface area contributed by atoms with Crippen LogP contribution in [0.2, 0.25) is 5.02 Å². The second kappa shape index (κ2) is 5.23. The van der Waals surface area contributed by atoms with E-state index in [4.69, 9.17) is 17.3 Å². The lowest BCUT2D eigenvalue weighted by molar-refractivity contribution is 0.0974. The highest BCUT2D eigenvalue weighted by molar-refractivity contribution is 6.33. The van der Waals surface area contributed by atoms with E-state index in [9.17, 15) is 4.79 Å². The van der Waals surface area contributed by atoms with Gasteiger partial charge in [-0.3, -0.25) is 9.48 Å². The number of halogens is 1. The lowest BCUT2D eigenvalue weighted by Crippen LogP contribution is -2.08. The van der Waals surface area contributed by atoms with Crippen LogP contribution < -0.4 is 5.73 Å². The maximum absolute atomic E-state index is 12.0. The summed E-state index contributed by atoms with van der Waals surface area (Å²) in [6.45, 7) is 0. The first-order valence-corrected chi connectivity index (χ1v) is 6.01. The minimum atomic E-state index is -0.00294. The number of nitrogens with two attached hydrogens (primary N) is 1. The predicted octanol–water partition coefficient (Wildman–Crippen LogP) is 2.47. The molecule has 1 aromatic carbocycles. The number of nitrogen functional groups attached to an aromatic ring is 1. The number of ketones is 1. The number of aromatic nitrogens is 2. The molecule has 0 atom stereocenters. The standard InChI is InChI=1S/C13H14ClN3O/c1-17-13(11(14)8-16-17)12(18)7-4-9-2-5-10(15)6-3-9/h2-3,5-6,8H,4,7,15H2,1H3. The Balaban J connectivity index is 2.03.